The normalized spacial score (nSPS) is 25.1. The number of halogens is 1. The van der Waals surface area contributed by atoms with Crippen LogP contribution in [0.25, 0.3) is 0 Å². The standard InChI is InChI=1S/C23H30FNO3/c1-25(2)15-19-14-22(28-16-17-7-9-20(24)10-8-17)11-12-23(19,26)18-5-4-6-21(13-18)27-3/h4-10,13,19,22,26H,11-12,14-16H2,1-3H3/t19-,22+,23?/m1/s1. The number of hydrogen-bond donors (Lipinski definition) is 1. The third-order valence-corrected chi connectivity index (χ3v) is 5.62. The van der Waals surface area contributed by atoms with Crippen LogP contribution in [0.1, 0.15) is 30.4 Å². The molecule has 1 fully saturated rings. The molecule has 5 heteroatoms. The Balaban J connectivity index is 1.72. The third kappa shape index (κ3) is 4.90. The van der Waals surface area contributed by atoms with E-state index in [1.54, 1.807) is 19.2 Å². The molecule has 152 valence electrons. The maximum atomic E-state index is 13.1. The molecule has 2 aromatic carbocycles. The summed E-state index contributed by atoms with van der Waals surface area (Å²) in [5.74, 6) is 0.557. The molecule has 0 heterocycles. The second-order valence-corrected chi connectivity index (χ2v) is 7.95. The van der Waals surface area contributed by atoms with Crippen molar-refractivity contribution < 1.29 is 19.0 Å². The zero-order chi connectivity index (χ0) is 20.1. The average Bonchev–Trinajstić information content (AvgIpc) is 2.69. The van der Waals surface area contributed by atoms with Crippen LogP contribution < -0.4 is 4.74 Å². The predicted octanol–water partition coefficient (Wildman–Crippen LogP) is 3.97. The van der Waals surface area contributed by atoms with E-state index in [0.29, 0.717) is 13.0 Å². The first-order chi connectivity index (χ1) is 13.4. The molecule has 0 spiro atoms. The molecule has 1 saturated carbocycles. The van der Waals surface area contributed by atoms with E-state index in [2.05, 4.69) is 4.90 Å². The minimum absolute atomic E-state index is 0.0431. The molecular formula is C23H30FNO3. The molecule has 3 atom stereocenters. The van der Waals surface area contributed by atoms with Gasteiger partial charge < -0.3 is 19.5 Å². The van der Waals surface area contributed by atoms with Crippen molar-refractivity contribution in [3.63, 3.8) is 0 Å². The first-order valence-corrected chi connectivity index (χ1v) is 9.78. The van der Waals surface area contributed by atoms with Gasteiger partial charge in [-0.25, -0.2) is 4.39 Å². The van der Waals surface area contributed by atoms with E-state index < -0.39 is 5.60 Å². The summed E-state index contributed by atoms with van der Waals surface area (Å²) in [6.07, 6.45) is 2.25. The number of rotatable bonds is 7. The Morgan fingerprint density at radius 1 is 1.18 bits per heavy atom. The summed E-state index contributed by atoms with van der Waals surface area (Å²) >= 11 is 0. The lowest BCUT2D eigenvalue weighted by Crippen LogP contribution is -2.46. The van der Waals surface area contributed by atoms with Gasteiger partial charge in [0.15, 0.2) is 0 Å². The second-order valence-electron chi connectivity index (χ2n) is 7.95. The maximum absolute atomic E-state index is 13.1. The van der Waals surface area contributed by atoms with Crippen LogP contribution in [0.3, 0.4) is 0 Å². The van der Waals surface area contributed by atoms with Gasteiger partial charge in [-0.1, -0.05) is 24.3 Å². The number of hydrogen-bond acceptors (Lipinski definition) is 4. The molecule has 1 unspecified atom stereocenters. The highest BCUT2D eigenvalue weighted by molar-refractivity contribution is 5.33. The van der Waals surface area contributed by atoms with Crippen LogP contribution in [0.15, 0.2) is 48.5 Å². The molecule has 28 heavy (non-hydrogen) atoms. The first kappa shape index (κ1) is 20.8. The van der Waals surface area contributed by atoms with Crippen molar-refractivity contribution in [1.82, 2.24) is 4.90 Å². The minimum Gasteiger partial charge on any atom is -0.497 e. The van der Waals surface area contributed by atoms with Crippen LogP contribution >= 0.6 is 0 Å². The highest BCUT2D eigenvalue weighted by Crippen LogP contribution is 2.43. The maximum Gasteiger partial charge on any atom is 0.123 e. The Kier molecular flexibility index (Phi) is 6.70. The molecule has 1 aliphatic carbocycles. The van der Waals surface area contributed by atoms with Gasteiger partial charge in [0, 0.05) is 12.5 Å². The fourth-order valence-corrected chi connectivity index (χ4v) is 4.10. The Morgan fingerprint density at radius 2 is 1.93 bits per heavy atom. The van der Waals surface area contributed by atoms with E-state index >= 15 is 0 Å². The molecule has 0 radical (unpaired) electrons. The molecule has 2 aromatic rings. The molecule has 0 amide bonds. The predicted molar refractivity (Wildman–Crippen MR) is 108 cm³/mol. The Bertz CT molecular complexity index is 765. The van der Waals surface area contributed by atoms with Crippen molar-refractivity contribution in [2.24, 2.45) is 5.92 Å². The van der Waals surface area contributed by atoms with Crippen molar-refractivity contribution in [3.8, 4) is 5.75 Å². The third-order valence-electron chi connectivity index (χ3n) is 5.62. The lowest BCUT2D eigenvalue weighted by Gasteiger charge is -2.44. The van der Waals surface area contributed by atoms with E-state index in [4.69, 9.17) is 9.47 Å². The summed E-state index contributed by atoms with van der Waals surface area (Å²) < 4.78 is 24.5. The van der Waals surface area contributed by atoms with E-state index in [1.807, 2.05) is 38.4 Å². The highest BCUT2D eigenvalue weighted by Gasteiger charge is 2.44. The highest BCUT2D eigenvalue weighted by atomic mass is 19.1. The molecule has 4 nitrogen and oxygen atoms in total. The summed E-state index contributed by atoms with van der Waals surface area (Å²) in [6, 6.07) is 14.1. The van der Waals surface area contributed by atoms with Gasteiger partial charge in [0.1, 0.15) is 11.6 Å². The summed E-state index contributed by atoms with van der Waals surface area (Å²) in [4.78, 5) is 2.11. The van der Waals surface area contributed by atoms with Gasteiger partial charge in [0.05, 0.1) is 25.4 Å². The van der Waals surface area contributed by atoms with Gasteiger partial charge >= 0.3 is 0 Å². The SMILES string of the molecule is COc1cccc(C2(O)CC[C@H](OCc3ccc(F)cc3)C[C@@H]2CN(C)C)c1. The number of methoxy groups -OCH3 is 1. The number of ether oxygens (including phenoxy) is 2. The van der Waals surface area contributed by atoms with E-state index in [-0.39, 0.29) is 17.8 Å². The van der Waals surface area contributed by atoms with Crippen molar-refractivity contribution in [2.45, 2.75) is 37.6 Å². The largest absolute Gasteiger partial charge is 0.497 e. The summed E-state index contributed by atoms with van der Waals surface area (Å²) in [5.41, 5.74) is 0.948. The van der Waals surface area contributed by atoms with Gasteiger partial charge in [-0.05, 0) is 68.8 Å². The van der Waals surface area contributed by atoms with Crippen LogP contribution in [0.2, 0.25) is 0 Å². The van der Waals surface area contributed by atoms with Crippen LogP contribution in [0, 0.1) is 11.7 Å². The smallest absolute Gasteiger partial charge is 0.123 e. The summed E-state index contributed by atoms with van der Waals surface area (Å²) in [5, 5.41) is 11.6. The van der Waals surface area contributed by atoms with Crippen molar-refractivity contribution >= 4 is 0 Å². The van der Waals surface area contributed by atoms with Crippen molar-refractivity contribution in [1.29, 1.82) is 0 Å². The second kappa shape index (κ2) is 9.03. The van der Waals surface area contributed by atoms with E-state index in [9.17, 15) is 9.50 Å². The van der Waals surface area contributed by atoms with Crippen LogP contribution in [0.5, 0.6) is 5.75 Å². The quantitative estimate of drug-likeness (QED) is 0.781. The van der Waals surface area contributed by atoms with Crippen molar-refractivity contribution in [2.75, 3.05) is 27.7 Å². The van der Waals surface area contributed by atoms with Gasteiger partial charge in [-0.15, -0.1) is 0 Å². The molecule has 0 bridgehead atoms. The fraction of sp³-hybridized carbons (Fsp3) is 0.478. The van der Waals surface area contributed by atoms with Crippen molar-refractivity contribution in [3.05, 3.63) is 65.5 Å². The fourth-order valence-electron chi connectivity index (χ4n) is 4.10. The van der Waals surface area contributed by atoms with Gasteiger partial charge in [-0.2, -0.15) is 0 Å². The number of nitrogens with zero attached hydrogens (tertiary/aromatic N) is 1. The molecular weight excluding hydrogens is 357 g/mol. The zero-order valence-corrected chi connectivity index (χ0v) is 16.9. The minimum atomic E-state index is -0.908. The van der Waals surface area contributed by atoms with Crippen LogP contribution in [-0.4, -0.2) is 43.9 Å². The van der Waals surface area contributed by atoms with Crippen LogP contribution in [-0.2, 0) is 16.9 Å². The summed E-state index contributed by atoms with van der Waals surface area (Å²) in [7, 11) is 5.69. The number of aliphatic hydroxyl groups is 1. The van der Waals surface area contributed by atoms with Gasteiger partial charge in [-0.3, -0.25) is 0 Å². The number of benzene rings is 2. The van der Waals surface area contributed by atoms with Gasteiger partial charge in [0.2, 0.25) is 0 Å². The average molecular weight is 387 g/mol. The molecule has 0 saturated heterocycles. The monoisotopic (exact) mass is 387 g/mol. The van der Waals surface area contributed by atoms with Gasteiger partial charge in [0.25, 0.3) is 0 Å². The molecule has 1 N–H and O–H groups in total. The molecule has 0 aromatic heterocycles. The molecule has 1 aliphatic rings. The lowest BCUT2D eigenvalue weighted by molar-refractivity contribution is -0.110. The van der Waals surface area contributed by atoms with E-state index in [1.165, 1.54) is 12.1 Å². The topological polar surface area (TPSA) is 41.9 Å². The van der Waals surface area contributed by atoms with Crippen LogP contribution in [0.4, 0.5) is 4.39 Å². The molecule has 3 rings (SSSR count). The Labute approximate surface area is 166 Å². The Morgan fingerprint density at radius 3 is 2.61 bits per heavy atom. The van der Waals surface area contributed by atoms with E-state index in [0.717, 1.165) is 36.3 Å². The first-order valence-electron chi connectivity index (χ1n) is 9.78. The lowest BCUT2D eigenvalue weighted by atomic mass is 9.70. The zero-order valence-electron chi connectivity index (χ0n) is 16.9. The Hall–Kier alpha value is -1.95. The molecule has 0 aliphatic heterocycles. The summed E-state index contributed by atoms with van der Waals surface area (Å²) in [6.45, 7) is 1.22.